The largest absolute Gasteiger partial charge is 0.396 e. The average Bonchev–Trinajstić information content (AvgIpc) is 2.61. The number of fused-ring (bicyclic) bond motifs is 1. The number of nitrogens with one attached hydrogen (secondary N) is 1. The van der Waals surface area contributed by atoms with Gasteiger partial charge in [-0.15, -0.1) is 0 Å². The number of hydrogen-bond donors (Lipinski definition) is 2. The first-order chi connectivity index (χ1) is 11.2. The van der Waals surface area contributed by atoms with Gasteiger partial charge in [0, 0.05) is 25.7 Å². The van der Waals surface area contributed by atoms with Crippen LogP contribution in [0.5, 0.6) is 0 Å². The molecule has 1 atom stereocenters. The van der Waals surface area contributed by atoms with Crippen LogP contribution in [0.3, 0.4) is 0 Å². The molecule has 0 aromatic heterocycles. The summed E-state index contributed by atoms with van der Waals surface area (Å²) in [6, 6.07) is 8.73. The molecule has 1 heterocycles. The summed E-state index contributed by atoms with van der Waals surface area (Å²) in [6.07, 6.45) is 5.05. The number of aliphatic hydroxyl groups excluding tert-OH is 1. The van der Waals surface area contributed by atoms with E-state index in [1.807, 2.05) is 6.92 Å². The zero-order valence-corrected chi connectivity index (χ0v) is 14.0. The molecule has 1 aliphatic heterocycles. The van der Waals surface area contributed by atoms with Crippen LogP contribution in [-0.2, 0) is 17.8 Å². The first-order valence-electron chi connectivity index (χ1n) is 8.89. The van der Waals surface area contributed by atoms with Gasteiger partial charge in [0.25, 0.3) is 0 Å². The second-order valence-corrected chi connectivity index (χ2v) is 7.07. The molecule has 4 nitrogen and oxygen atoms in total. The van der Waals surface area contributed by atoms with E-state index in [0.29, 0.717) is 5.92 Å². The van der Waals surface area contributed by atoms with Gasteiger partial charge in [0.15, 0.2) is 0 Å². The van der Waals surface area contributed by atoms with Crippen molar-refractivity contribution in [1.82, 2.24) is 10.2 Å². The van der Waals surface area contributed by atoms with E-state index in [2.05, 4.69) is 34.5 Å². The second-order valence-electron chi connectivity index (χ2n) is 7.07. The zero-order valence-electron chi connectivity index (χ0n) is 14.0. The number of nitrogens with zero attached hydrogens (tertiary/aromatic N) is 1. The Balaban J connectivity index is 1.52. The fourth-order valence-electron chi connectivity index (χ4n) is 3.83. The quantitative estimate of drug-likeness (QED) is 0.894. The van der Waals surface area contributed by atoms with Crippen LogP contribution in [-0.4, -0.2) is 41.1 Å². The van der Waals surface area contributed by atoms with E-state index < -0.39 is 0 Å². The third-order valence-corrected chi connectivity index (χ3v) is 5.54. The molecule has 1 aromatic carbocycles. The molecule has 2 aliphatic rings. The van der Waals surface area contributed by atoms with Gasteiger partial charge >= 0.3 is 0 Å². The molecule has 0 bridgehead atoms. The summed E-state index contributed by atoms with van der Waals surface area (Å²) in [6.45, 7) is 4.11. The normalized spacial score (nSPS) is 26.3. The summed E-state index contributed by atoms with van der Waals surface area (Å²) in [5.41, 5.74) is 2.76. The lowest BCUT2D eigenvalue weighted by Gasteiger charge is -2.34. The van der Waals surface area contributed by atoms with Crippen molar-refractivity contribution in [2.45, 2.75) is 57.7 Å². The third-order valence-electron chi connectivity index (χ3n) is 5.54. The van der Waals surface area contributed by atoms with Gasteiger partial charge in [-0.2, -0.15) is 0 Å². The molecule has 126 valence electrons. The van der Waals surface area contributed by atoms with Crippen molar-refractivity contribution in [2.24, 2.45) is 5.92 Å². The smallest absolute Gasteiger partial charge is 0.237 e. The van der Waals surface area contributed by atoms with Crippen molar-refractivity contribution in [1.29, 1.82) is 0 Å². The van der Waals surface area contributed by atoms with Crippen LogP contribution >= 0.6 is 0 Å². The molecule has 0 saturated heterocycles. The summed E-state index contributed by atoms with van der Waals surface area (Å²) in [4.78, 5) is 14.8. The van der Waals surface area contributed by atoms with Crippen molar-refractivity contribution in [3.05, 3.63) is 35.4 Å². The Kier molecular flexibility index (Phi) is 5.34. The second kappa shape index (κ2) is 7.45. The Hall–Kier alpha value is -1.39. The highest BCUT2D eigenvalue weighted by Crippen LogP contribution is 2.24. The summed E-state index contributed by atoms with van der Waals surface area (Å²) in [7, 11) is 0. The number of carbonyl (C=O) groups is 1. The van der Waals surface area contributed by atoms with Crippen LogP contribution < -0.4 is 5.32 Å². The summed E-state index contributed by atoms with van der Waals surface area (Å²) >= 11 is 0. The molecule has 0 spiro atoms. The molecule has 1 aromatic rings. The van der Waals surface area contributed by atoms with E-state index >= 15 is 0 Å². The Labute approximate surface area is 138 Å². The third kappa shape index (κ3) is 3.93. The van der Waals surface area contributed by atoms with Crippen LogP contribution in [0.2, 0.25) is 0 Å². The van der Waals surface area contributed by atoms with E-state index in [4.69, 9.17) is 0 Å². The first kappa shape index (κ1) is 16.5. The van der Waals surface area contributed by atoms with Gasteiger partial charge in [-0.05, 0) is 56.1 Å². The van der Waals surface area contributed by atoms with E-state index in [1.54, 1.807) is 0 Å². The predicted octanol–water partition coefficient (Wildman–Crippen LogP) is 2.10. The number of carbonyl (C=O) groups excluding carboxylic acids is 1. The first-order valence-corrected chi connectivity index (χ1v) is 8.89. The molecule has 0 radical (unpaired) electrons. The average molecular weight is 316 g/mol. The maximum Gasteiger partial charge on any atom is 0.237 e. The van der Waals surface area contributed by atoms with Crippen LogP contribution in [0, 0.1) is 5.92 Å². The molecule has 2 N–H and O–H groups in total. The Bertz CT molecular complexity index is 538. The van der Waals surface area contributed by atoms with Crippen molar-refractivity contribution >= 4 is 5.91 Å². The molecule has 23 heavy (non-hydrogen) atoms. The summed E-state index contributed by atoms with van der Waals surface area (Å²) in [5.74, 6) is 0.580. The van der Waals surface area contributed by atoms with E-state index in [0.717, 1.165) is 45.2 Å². The van der Waals surface area contributed by atoms with Crippen molar-refractivity contribution in [3.8, 4) is 0 Å². The summed E-state index contributed by atoms with van der Waals surface area (Å²) < 4.78 is 0. The SMILES string of the molecule is CC(C(=O)NC1CCC(CO)CC1)N1CCc2ccccc2C1. The Morgan fingerprint density at radius 2 is 1.96 bits per heavy atom. The predicted molar refractivity (Wildman–Crippen MR) is 91.0 cm³/mol. The van der Waals surface area contributed by atoms with Gasteiger partial charge in [0.1, 0.15) is 0 Å². The van der Waals surface area contributed by atoms with Crippen molar-refractivity contribution < 1.29 is 9.90 Å². The lowest BCUT2D eigenvalue weighted by atomic mass is 9.86. The minimum absolute atomic E-state index is 0.0843. The fourth-order valence-corrected chi connectivity index (χ4v) is 3.83. The molecular weight excluding hydrogens is 288 g/mol. The highest BCUT2D eigenvalue weighted by atomic mass is 16.3. The molecular formula is C19H28N2O2. The maximum atomic E-state index is 12.6. The van der Waals surface area contributed by atoms with Crippen LogP contribution in [0.4, 0.5) is 0 Å². The molecule has 1 aliphatic carbocycles. The van der Waals surface area contributed by atoms with Crippen LogP contribution in [0.15, 0.2) is 24.3 Å². The van der Waals surface area contributed by atoms with E-state index in [1.165, 1.54) is 11.1 Å². The standard InChI is InChI=1S/C19H28N2O2/c1-14(19(23)20-18-8-6-15(13-22)7-9-18)21-11-10-16-4-2-3-5-17(16)12-21/h2-5,14-15,18,22H,6-13H2,1H3,(H,20,23). The number of amides is 1. The zero-order chi connectivity index (χ0) is 16.2. The van der Waals surface area contributed by atoms with Gasteiger partial charge in [0.05, 0.1) is 6.04 Å². The monoisotopic (exact) mass is 316 g/mol. The minimum atomic E-state index is -0.0843. The van der Waals surface area contributed by atoms with Gasteiger partial charge in [-0.25, -0.2) is 0 Å². The van der Waals surface area contributed by atoms with Gasteiger partial charge in [-0.1, -0.05) is 24.3 Å². The molecule has 1 unspecified atom stereocenters. The van der Waals surface area contributed by atoms with Crippen LogP contribution in [0.25, 0.3) is 0 Å². The minimum Gasteiger partial charge on any atom is -0.396 e. The highest BCUT2D eigenvalue weighted by Gasteiger charge is 2.28. The lowest BCUT2D eigenvalue weighted by molar-refractivity contribution is -0.127. The highest BCUT2D eigenvalue weighted by molar-refractivity contribution is 5.81. The van der Waals surface area contributed by atoms with Gasteiger partial charge < -0.3 is 10.4 Å². The number of aliphatic hydroxyl groups is 1. The topological polar surface area (TPSA) is 52.6 Å². The molecule has 1 saturated carbocycles. The summed E-state index contributed by atoms with van der Waals surface area (Å²) in [5, 5.41) is 12.4. The Morgan fingerprint density at radius 3 is 2.65 bits per heavy atom. The fraction of sp³-hybridized carbons (Fsp3) is 0.632. The lowest BCUT2D eigenvalue weighted by Crippen LogP contribution is -2.50. The molecule has 4 heteroatoms. The van der Waals surface area contributed by atoms with Gasteiger partial charge in [-0.3, -0.25) is 9.69 Å². The molecule has 3 rings (SSSR count). The van der Waals surface area contributed by atoms with Crippen molar-refractivity contribution in [3.63, 3.8) is 0 Å². The van der Waals surface area contributed by atoms with E-state index in [-0.39, 0.29) is 24.6 Å². The number of benzene rings is 1. The Morgan fingerprint density at radius 1 is 1.26 bits per heavy atom. The van der Waals surface area contributed by atoms with Crippen LogP contribution in [0.1, 0.15) is 43.7 Å². The van der Waals surface area contributed by atoms with Crippen molar-refractivity contribution in [2.75, 3.05) is 13.2 Å². The number of rotatable bonds is 4. The maximum absolute atomic E-state index is 12.6. The number of hydrogen-bond acceptors (Lipinski definition) is 3. The molecule has 1 amide bonds. The van der Waals surface area contributed by atoms with Gasteiger partial charge in [0.2, 0.25) is 5.91 Å². The van der Waals surface area contributed by atoms with E-state index in [9.17, 15) is 9.90 Å². The molecule has 1 fully saturated rings.